The lowest BCUT2D eigenvalue weighted by molar-refractivity contribution is 0.191. The first-order chi connectivity index (χ1) is 18.8. The highest BCUT2D eigenvalue weighted by Crippen LogP contribution is 2.33. The van der Waals surface area contributed by atoms with Crippen molar-refractivity contribution in [2.45, 2.75) is 65.6 Å². The number of tetrazole rings is 1. The van der Waals surface area contributed by atoms with Gasteiger partial charge in [-0.1, -0.05) is 55.5 Å². The van der Waals surface area contributed by atoms with Gasteiger partial charge in [-0.25, -0.2) is 4.68 Å². The second kappa shape index (κ2) is 11.2. The lowest BCUT2D eigenvalue weighted by Gasteiger charge is -2.33. The highest BCUT2D eigenvalue weighted by molar-refractivity contribution is 7.09. The van der Waals surface area contributed by atoms with Crippen LogP contribution in [0.25, 0.3) is 10.9 Å². The molecule has 0 saturated heterocycles. The molecule has 5 aromatic rings. The van der Waals surface area contributed by atoms with Crippen molar-refractivity contribution in [1.82, 2.24) is 30.1 Å². The molecule has 0 aliphatic heterocycles. The van der Waals surface area contributed by atoms with Gasteiger partial charge in [0.05, 0.1) is 11.1 Å². The fourth-order valence-corrected chi connectivity index (χ4v) is 5.79. The molecule has 0 unspecified atom stereocenters. The molecule has 1 atom stereocenters. The maximum Gasteiger partial charge on any atom is 0.253 e. The van der Waals surface area contributed by atoms with Crippen LogP contribution in [0.1, 0.15) is 66.2 Å². The third-order valence-electron chi connectivity index (χ3n) is 7.78. The van der Waals surface area contributed by atoms with Crippen LogP contribution in [0.3, 0.4) is 0 Å². The number of rotatable bonds is 10. The van der Waals surface area contributed by atoms with E-state index >= 15 is 0 Å². The third kappa shape index (κ3) is 5.58. The van der Waals surface area contributed by atoms with Crippen molar-refractivity contribution in [3.8, 4) is 0 Å². The van der Waals surface area contributed by atoms with Gasteiger partial charge in [0.2, 0.25) is 0 Å². The van der Waals surface area contributed by atoms with Gasteiger partial charge in [0, 0.05) is 28.9 Å². The molecule has 0 spiro atoms. The average Bonchev–Trinajstić information content (AvgIpc) is 3.64. The molecule has 0 fully saturated rings. The van der Waals surface area contributed by atoms with Crippen LogP contribution in [0.5, 0.6) is 0 Å². The Morgan fingerprint density at radius 3 is 2.54 bits per heavy atom. The molecule has 202 valence electrons. The summed E-state index contributed by atoms with van der Waals surface area (Å²) in [4.78, 5) is 20.7. The van der Waals surface area contributed by atoms with Crippen LogP contribution in [0.2, 0.25) is 0 Å². The molecule has 39 heavy (non-hydrogen) atoms. The second-order valence-corrected chi connectivity index (χ2v) is 11.9. The van der Waals surface area contributed by atoms with E-state index in [1.54, 1.807) is 11.3 Å². The van der Waals surface area contributed by atoms with Crippen LogP contribution in [0.4, 0.5) is 0 Å². The Kier molecular flexibility index (Phi) is 7.77. The van der Waals surface area contributed by atoms with Crippen LogP contribution in [0.15, 0.2) is 70.8 Å². The lowest BCUT2D eigenvalue weighted by atomic mass is 9.97. The molecule has 0 aliphatic carbocycles. The van der Waals surface area contributed by atoms with Crippen molar-refractivity contribution in [2.75, 3.05) is 6.54 Å². The van der Waals surface area contributed by atoms with E-state index in [-0.39, 0.29) is 11.1 Å². The number of hydrogen-bond donors (Lipinski definition) is 1. The largest absolute Gasteiger partial charge is 0.321 e. The van der Waals surface area contributed by atoms with Crippen LogP contribution >= 0.6 is 11.3 Å². The molecule has 0 bridgehead atoms. The van der Waals surface area contributed by atoms with E-state index in [0.717, 1.165) is 41.4 Å². The fraction of sp³-hybridized carbons (Fsp3) is 0.355. The maximum absolute atomic E-state index is 13.9. The summed E-state index contributed by atoms with van der Waals surface area (Å²) in [5.74, 6) is 0.682. The zero-order valence-electron chi connectivity index (χ0n) is 23.3. The average molecular weight is 541 g/mol. The van der Waals surface area contributed by atoms with Crippen molar-refractivity contribution >= 4 is 22.2 Å². The molecule has 2 aromatic carbocycles. The zero-order valence-corrected chi connectivity index (χ0v) is 24.1. The number of benzene rings is 2. The van der Waals surface area contributed by atoms with Crippen LogP contribution in [0, 0.1) is 13.8 Å². The molecular formula is C31H36N6OS. The van der Waals surface area contributed by atoms with Gasteiger partial charge < -0.3 is 4.98 Å². The number of pyridine rings is 1. The van der Waals surface area contributed by atoms with Gasteiger partial charge in [0.25, 0.3) is 5.56 Å². The van der Waals surface area contributed by atoms with Gasteiger partial charge in [0.15, 0.2) is 5.82 Å². The molecule has 1 N–H and O–H groups in total. The third-order valence-corrected chi connectivity index (χ3v) is 8.64. The summed E-state index contributed by atoms with van der Waals surface area (Å²) in [5, 5.41) is 16.3. The summed E-state index contributed by atoms with van der Waals surface area (Å²) >= 11 is 1.72. The van der Waals surface area contributed by atoms with E-state index in [0.29, 0.717) is 17.9 Å². The Morgan fingerprint density at radius 1 is 1.05 bits per heavy atom. The highest BCUT2D eigenvalue weighted by Gasteiger charge is 2.34. The standard InChI is InChI=1S/C31H36N6OS/c1-6-31(4,5)37-29(33-34-35-37)28(26-19-25-21(2)14-15-22(3)27(25)32-30(26)38)36(20-24-13-10-18-39-24)17-16-23-11-8-7-9-12-23/h7-15,18-19,28H,6,16-17,20H2,1-5H3,(H,32,38)/t28-/m1/s1. The summed E-state index contributed by atoms with van der Waals surface area (Å²) in [5.41, 5.74) is 4.53. The van der Waals surface area contributed by atoms with E-state index in [1.165, 1.54) is 10.4 Å². The van der Waals surface area contributed by atoms with Crippen molar-refractivity contribution in [1.29, 1.82) is 0 Å². The van der Waals surface area contributed by atoms with E-state index < -0.39 is 6.04 Å². The zero-order chi connectivity index (χ0) is 27.6. The predicted molar refractivity (Wildman–Crippen MR) is 158 cm³/mol. The number of fused-ring (bicyclic) bond motifs is 1. The quantitative estimate of drug-likeness (QED) is 0.229. The van der Waals surface area contributed by atoms with Gasteiger partial charge in [-0.3, -0.25) is 9.69 Å². The number of H-pyrrole nitrogens is 1. The predicted octanol–water partition coefficient (Wildman–Crippen LogP) is 6.17. The van der Waals surface area contributed by atoms with E-state index in [1.807, 2.05) is 17.7 Å². The Bertz CT molecular complexity index is 1600. The Balaban J connectivity index is 1.71. The van der Waals surface area contributed by atoms with E-state index in [9.17, 15) is 4.79 Å². The summed E-state index contributed by atoms with van der Waals surface area (Å²) in [6.07, 6.45) is 1.68. The Hall–Kier alpha value is -3.62. The molecule has 0 amide bonds. The summed E-state index contributed by atoms with van der Waals surface area (Å²) in [6.45, 7) is 11.9. The molecule has 7 nitrogen and oxygen atoms in total. The summed E-state index contributed by atoms with van der Waals surface area (Å²) in [7, 11) is 0. The smallest absolute Gasteiger partial charge is 0.253 e. The topological polar surface area (TPSA) is 79.7 Å². The fourth-order valence-electron chi connectivity index (χ4n) is 5.06. The van der Waals surface area contributed by atoms with Crippen molar-refractivity contribution in [3.63, 3.8) is 0 Å². The van der Waals surface area contributed by atoms with Crippen molar-refractivity contribution in [2.24, 2.45) is 0 Å². The molecule has 3 aromatic heterocycles. The van der Waals surface area contributed by atoms with Gasteiger partial charge in [0.1, 0.15) is 6.04 Å². The second-order valence-electron chi connectivity index (χ2n) is 10.8. The maximum atomic E-state index is 13.9. The molecular weight excluding hydrogens is 504 g/mol. The van der Waals surface area contributed by atoms with Crippen molar-refractivity contribution in [3.05, 3.63) is 109 Å². The molecule has 0 radical (unpaired) electrons. The first-order valence-corrected chi connectivity index (χ1v) is 14.4. The van der Waals surface area contributed by atoms with Gasteiger partial charge in [-0.15, -0.1) is 16.4 Å². The number of aromatic amines is 1. The minimum Gasteiger partial charge on any atom is -0.321 e. The van der Waals surface area contributed by atoms with Crippen LogP contribution in [-0.2, 0) is 18.5 Å². The van der Waals surface area contributed by atoms with Crippen molar-refractivity contribution < 1.29 is 0 Å². The van der Waals surface area contributed by atoms with E-state index in [4.69, 9.17) is 0 Å². The van der Waals surface area contributed by atoms with Gasteiger partial charge in [-0.2, -0.15) is 0 Å². The SMILES string of the molecule is CCC(C)(C)n1nnnc1[C@@H](c1cc2c(C)ccc(C)c2[nH]c1=O)N(CCc1ccccc1)Cc1cccs1. The Labute approximate surface area is 233 Å². The normalized spacial score (nSPS) is 12.9. The first-order valence-electron chi connectivity index (χ1n) is 13.5. The molecule has 3 heterocycles. The van der Waals surface area contributed by atoms with Gasteiger partial charge in [-0.05, 0) is 85.2 Å². The molecule has 8 heteroatoms. The number of aromatic nitrogens is 5. The van der Waals surface area contributed by atoms with Crippen LogP contribution in [-0.4, -0.2) is 36.6 Å². The molecule has 5 rings (SSSR count). The minimum atomic E-state index is -0.440. The first kappa shape index (κ1) is 27.0. The number of thiophene rings is 1. The number of aryl methyl sites for hydroxylation is 2. The Morgan fingerprint density at radius 2 is 1.82 bits per heavy atom. The molecule has 0 saturated carbocycles. The number of nitrogens with zero attached hydrogens (tertiary/aromatic N) is 5. The molecule has 0 aliphatic rings. The highest BCUT2D eigenvalue weighted by atomic mass is 32.1. The van der Waals surface area contributed by atoms with Gasteiger partial charge >= 0.3 is 0 Å². The number of nitrogens with one attached hydrogen (secondary N) is 1. The lowest BCUT2D eigenvalue weighted by Crippen LogP contribution is -2.39. The number of hydrogen-bond acceptors (Lipinski definition) is 6. The van der Waals surface area contributed by atoms with E-state index in [2.05, 4.69) is 113 Å². The summed E-state index contributed by atoms with van der Waals surface area (Å²) < 4.78 is 1.91. The summed E-state index contributed by atoms with van der Waals surface area (Å²) in [6, 6.07) is 20.5. The monoisotopic (exact) mass is 540 g/mol. The van der Waals surface area contributed by atoms with Crippen LogP contribution < -0.4 is 5.56 Å². The minimum absolute atomic E-state index is 0.110.